The summed E-state index contributed by atoms with van der Waals surface area (Å²) in [7, 11) is 1.76. The number of nitrogens with zero attached hydrogens (tertiary/aromatic N) is 1. The molecule has 22 heavy (non-hydrogen) atoms. The predicted octanol–water partition coefficient (Wildman–Crippen LogP) is 1.78. The lowest BCUT2D eigenvalue weighted by Crippen LogP contribution is -2.39. The summed E-state index contributed by atoms with van der Waals surface area (Å²) >= 11 is 0. The van der Waals surface area contributed by atoms with Gasteiger partial charge in [0.2, 0.25) is 6.79 Å². The summed E-state index contributed by atoms with van der Waals surface area (Å²) in [6.07, 6.45) is 0.892. The van der Waals surface area contributed by atoms with E-state index in [1.807, 2.05) is 19.1 Å². The number of aliphatic imine (C=N–C) groups is 1. The fraction of sp³-hybridized carbons (Fsp3) is 0.533. The molecule has 0 spiro atoms. The smallest absolute Gasteiger partial charge is 0.231 e. The minimum absolute atomic E-state index is 0. The van der Waals surface area contributed by atoms with Gasteiger partial charge in [0, 0.05) is 26.7 Å². The fourth-order valence-electron chi connectivity index (χ4n) is 2.03. The summed E-state index contributed by atoms with van der Waals surface area (Å²) in [5.41, 5.74) is 1.21. The molecule has 0 aromatic heterocycles. The Hall–Kier alpha value is -1.22. The standard InChI is InChI=1S/C15H23N3O3.HI/c1-3-19-9-8-18-15(16-2)17-7-6-12-4-5-13-14(10-12)21-11-20-13;/h4-5,10H,3,6-9,11H2,1-2H3,(H2,16,17,18);1H. The molecule has 6 nitrogen and oxygen atoms in total. The van der Waals surface area contributed by atoms with Gasteiger partial charge in [-0.15, -0.1) is 24.0 Å². The molecule has 0 atom stereocenters. The lowest BCUT2D eigenvalue weighted by molar-refractivity contribution is 0.152. The van der Waals surface area contributed by atoms with E-state index in [4.69, 9.17) is 14.2 Å². The molecular weight excluding hydrogens is 397 g/mol. The molecule has 1 heterocycles. The molecule has 1 aromatic rings. The number of nitrogens with one attached hydrogen (secondary N) is 2. The average molecular weight is 421 g/mol. The van der Waals surface area contributed by atoms with Crippen LogP contribution in [0.25, 0.3) is 0 Å². The Kier molecular flexibility index (Phi) is 8.98. The topological polar surface area (TPSA) is 64.1 Å². The van der Waals surface area contributed by atoms with Crippen molar-refractivity contribution in [3.63, 3.8) is 0 Å². The van der Waals surface area contributed by atoms with E-state index < -0.39 is 0 Å². The summed E-state index contributed by atoms with van der Waals surface area (Å²) in [5, 5.41) is 6.48. The van der Waals surface area contributed by atoms with Gasteiger partial charge in [0.25, 0.3) is 0 Å². The molecule has 0 amide bonds. The Morgan fingerprint density at radius 2 is 2.00 bits per heavy atom. The first kappa shape index (κ1) is 18.8. The van der Waals surface area contributed by atoms with Crippen molar-refractivity contribution in [2.75, 3.05) is 40.1 Å². The van der Waals surface area contributed by atoms with Crippen molar-refractivity contribution in [1.82, 2.24) is 10.6 Å². The zero-order valence-corrected chi connectivity index (χ0v) is 15.4. The lowest BCUT2D eigenvalue weighted by Gasteiger charge is -2.12. The quantitative estimate of drug-likeness (QED) is 0.304. The first-order valence-corrected chi connectivity index (χ1v) is 7.24. The highest BCUT2D eigenvalue weighted by atomic mass is 127. The van der Waals surface area contributed by atoms with Crippen molar-refractivity contribution < 1.29 is 14.2 Å². The number of benzene rings is 1. The molecule has 0 unspecified atom stereocenters. The predicted molar refractivity (Wildman–Crippen MR) is 97.5 cm³/mol. The Balaban J connectivity index is 0.00000242. The second-order valence-corrected chi connectivity index (χ2v) is 4.56. The van der Waals surface area contributed by atoms with Crippen LogP contribution >= 0.6 is 24.0 Å². The molecule has 124 valence electrons. The molecule has 0 bridgehead atoms. The minimum atomic E-state index is 0. The molecular formula is C15H24IN3O3. The van der Waals surface area contributed by atoms with Crippen molar-refractivity contribution in [3.8, 4) is 11.5 Å². The molecule has 1 aliphatic heterocycles. The van der Waals surface area contributed by atoms with Gasteiger partial charge >= 0.3 is 0 Å². The second-order valence-electron chi connectivity index (χ2n) is 4.56. The van der Waals surface area contributed by atoms with Gasteiger partial charge in [-0.1, -0.05) is 6.07 Å². The van der Waals surface area contributed by atoms with E-state index in [1.165, 1.54) is 5.56 Å². The average Bonchev–Trinajstić information content (AvgIpc) is 2.97. The monoisotopic (exact) mass is 421 g/mol. The van der Waals surface area contributed by atoms with Crippen molar-refractivity contribution >= 4 is 29.9 Å². The fourth-order valence-corrected chi connectivity index (χ4v) is 2.03. The number of rotatable bonds is 7. The summed E-state index contributed by atoms with van der Waals surface area (Å²) in [6, 6.07) is 6.03. The van der Waals surface area contributed by atoms with Crippen LogP contribution in [0.5, 0.6) is 11.5 Å². The largest absolute Gasteiger partial charge is 0.454 e. The molecule has 1 aliphatic rings. The number of fused-ring (bicyclic) bond motifs is 1. The number of hydrogen-bond donors (Lipinski definition) is 2. The van der Waals surface area contributed by atoms with Gasteiger partial charge in [-0.05, 0) is 31.0 Å². The van der Waals surface area contributed by atoms with Gasteiger partial charge in [-0.2, -0.15) is 0 Å². The van der Waals surface area contributed by atoms with Crippen molar-refractivity contribution in [2.24, 2.45) is 4.99 Å². The van der Waals surface area contributed by atoms with E-state index in [-0.39, 0.29) is 24.0 Å². The van der Waals surface area contributed by atoms with Crippen LogP contribution in [0.15, 0.2) is 23.2 Å². The Labute approximate surface area is 148 Å². The Morgan fingerprint density at radius 3 is 2.77 bits per heavy atom. The molecule has 0 saturated heterocycles. The molecule has 0 aliphatic carbocycles. The van der Waals surface area contributed by atoms with E-state index in [0.717, 1.165) is 43.6 Å². The highest BCUT2D eigenvalue weighted by Gasteiger charge is 2.12. The van der Waals surface area contributed by atoms with Crippen LogP contribution in [-0.4, -0.2) is 46.1 Å². The molecule has 2 rings (SSSR count). The number of hydrogen-bond acceptors (Lipinski definition) is 4. The highest BCUT2D eigenvalue weighted by molar-refractivity contribution is 14.0. The van der Waals surface area contributed by atoms with Crippen LogP contribution in [0, 0.1) is 0 Å². The lowest BCUT2D eigenvalue weighted by atomic mass is 10.1. The van der Waals surface area contributed by atoms with Gasteiger partial charge in [0.05, 0.1) is 6.61 Å². The van der Waals surface area contributed by atoms with Crippen LogP contribution < -0.4 is 20.1 Å². The molecule has 0 saturated carbocycles. The Morgan fingerprint density at radius 1 is 1.23 bits per heavy atom. The molecule has 0 radical (unpaired) electrons. The number of halogens is 1. The minimum Gasteiger partial charge on any atom is -0.454 e. The van der Waals surface area contributed by atoms with E-state index >= 15 is 0 Å². The van der Waals surface area contributed by atoms with Crippen molar-refractivity contribution in [3.05, 3.63) is 23.8 Å². The maximum absolute atomic E-state index is 5.37. The third kappa shape index (κ3) is 5.88. The van der Waals surface area contributed by atoms with Crippen LogP contribution in [-0.2, 0) is 11.2 Å². The maximum Gasteiger partial charge on any atom is 0.231 e. The second kappa shape index (κ2) is 10.5. The normalized spacial score (nSPS) is 12.7. The zero-order valence-electron chi connectivity index (χ0n) is 13.1. The Bertz CT molecular complexity index is 483. The van der Waals surface area contributed by atoms with Crippen LogP contribution in [0.2, 0.25) is 0 Å². The zero-order chi connectivity index (χ0) is 14.9. The van der Waals surface area contributed by atoms with Crippen molar-refractivity contribution in [2.45, 2.75) is 13.3 Å². The van der Waals surface area contributed by atoms with Gasteiger partial charge < -0.3 is 24.8 Å². The summed E-state index contributed by atoms with van der Waals surface area (Å²) in [5.74, 6) is 2.43. The third-order valence-corrected chi connectivity index (χ3v) is 3.11. The summed E-state index contributed by atoms with van der Waals surface area (Å²) in [4.78, 5) is 4.17. The van der Waals surface area contributed by atoms with Crippen molar-refractivity contribution in [1.29, 1.82) is 0 Å². The van der Waals surface area contributed by atoms with E-state index in [1.54, 1.807) is 7.05 Å². The summed E-state index contributed by atoms with van der Waals surface area (Å²) < 4.78 is 15.9. The number of guanidine groups is 1. The maximum atomic E-state index is 5.37. The van der Waals surface area contributed by atoms with Crippen LogP contribution in [0.4, 0.5) is 0 Å². The van der Waals surface area contributed by atoms with Crippen LogP contribution in [0.1, 0.15) is 12.5 Å². The SMILES string of the molecule is CCOCCNC(=NC)NCCc1ccc2c(c1)OCO2.I. The molecule has 0 fully saturated rings. The third-order valence-electron chi connectivity index (χ3n) is 3.11. The molecule has 2 N–H and O–H groups in total. The van der Waals surface area contributed by atoms with Gasteiger partial charge in [-0.25, -0.2) is 0 Å². The first-order valence-electron chi connectivity index (χ1n) is 7.24. The molecule has 7 heteroatoms. The van der Waals surface area contributed by atoms with Crippen LogP contribution in [0.3, 0.4) is 0 Å². The van der Waals surface area contributed by atoms with Gasteiger partial charge in [-0.3, -0.25) is 4.99 Å². The van der Waals surface area contributed by atoms with E-state index in [2.05, 4.69) is 21.7 Å². The number of ether oxygens (including phenoxy) is 3. The van der Waals surface area contributed by atoms with E-state index in [0.29, 0.717) is 13.4 Å². The van der Waals surface area contributed by atoms with E-state index in [9.17, 15) is 0 Å². The molecule has 1 aromatic carbocycles. The highest BCUT2D eigenvalue weighted by Crippen LogP contribution is 2.32. The van der Waals surface area contributed by atoms with Gasteiger partial charge in [0.15, 0.2) is 17.5 Å². The summed E-state index contributed by atoms with van der Waals surface area (Å²) in [6.45, 7) is 5.26. The first-order chi connectivity index (χ1) is 10.3. The van der Waals surface area contributed by atoms with Gasteiger partial charge in [0.1, 0.15) is 0 Å².